The molecule has 0 bridgehead atoms. The number of hydrogen-bond donors (Lipinski definition) is 0. The summed E-state index contributed by atoms with van der Waals surface area (Å²) in [5.74, 6) is 1.72. The highest BCUT2D eigenvalue weighted by Gasteiger charge is 2.31. The van der Waals surface area contributed by atoms with Crippen molar-refractivity contribution in [2.45, 2.75) is 19.3 Å². The van der Waals surface area contributed by atoms with E-state index in [2.05, 4.69) is 6.07 Å². The molecule has 1 saturated heterocycles. The number of nitrogens with zero attached hydrogens (tertiary/aromatic N) is 2. The number of fused-ring (bicyclic) bond motifs is 1. The minimum Gasteiger partial charge on any atom is -0.497 e. The van der Waals surface area contributed by atoms with E-state index in [1.807, 2.05) is 23.1 Å². The molecule has 0 N–H and O–H groups in total. The van der Waals surface area contributed by atoms with Gasteiger partial charge >= 0.3 is 0 Å². The van der Waals surface area contributed by atoms with Gasteiger partial charge in [-0.1, -0.05) is 0 Å². The van der Waals surface area contributed by atoms with Crippen LogP contribution in [0.25, 0.3) is 0 Å². The highest BCUT2D eigenvalue weighted by atomic mass is 16.5. The number of amides is 1. The van der Waals surface area contributed by atoms with Crippen LogP contribution < -0.4 is 9.47 Å². The molecule has 1 fully saturated rings. The zero-order chi connectivity index (χ0) is 15.5. The SMILES string of the molecule is COc1ccc2c(c1)CC(C(=O)N1CCC(C#N)CC1)CO2. The first kappa shape index (κ1) is 14.7. The third-order valence-corrected chi connectivity index (χ3v) is 4.51. The summed E-state index contributed by atoms with van der Waals surface area (Å²) in [6, 6.07) is 8.00. The first-order valence-electron chi connectivity index (χ1n) is 7.69. The quantitative estimate of drug-likeness (QED) is 0.838. The van der Waals surface area contributed by atoms with E-state index in [1.165, 1.54) is 0 Å². The van der Waals surface area contributed by atoms with Crippen LogP contribution in [0.1, 0.15) is 18.4 Å². The van der Waals surface area contributed by atoms with Crippen LogP contribution in [0.15, 0.2) is 18.2 Å². The van der Waals surface area contributed by atoms with Gasteiger partial charge in [-0.15, -0.1) is 0 Å². The molecule has 0 spiro atoms. The second kappa shape index (κ2) is 6.27. The van der Waals surface area contributed by atoms with Gasteiger partial charge in [0, 0.05) is 19.0 Å². The number of nitriles is 1. The molecule has 5 nitrogen and oxygen atoms in total. The van der Waals surface area contributed by atoms with Gasteiger partial charge in [0.2, 0.25) is 5.91 Å². The Balaban J connectivity index is 1.66. The Hall–Kier alpha value is -2.22. The van der Waals surface area contributed by atoms with Gasteiger partial charge in [-0.25, -0.2) is 0 Å². The number of rotatable bonds is 2. The van der Waals surface area contributed by atoms with Crippen molar-refractivity contribution in [2.75, 3.05) is 26.8 Å². The molecular formula is C17H20N2O3. The smallest absolute Gasteiger partial charge is 0.229 e. The number of piperidine rings is 1. The maximum atomic E-state index is 12.6. The molecule has 0 aliphatic carbocycles. The third-order valence-electron chi connectivity index (χ3n) is 4.51. The molecule has 1 amide bonds. The van der Waals surface area contributed by atoms with Crippen molar-refractivity contribution in [3.8, 4) is 17.6 Å². The summed E-state index contributed by atoms with van der Waals surface area (Å²) >= 11 is 0. The average molecular weight is 300 g/mol. The zero-order valence-electron chi connectivity index (χ0n) is 12.7. The van der Waals surface area contributed by atoms with Gasteiger partial charge in [0.1, 0.15) is 18.1 Å². The number of benzene rings is 1. The number of likely N-dealkylation sites (tertiary alicyclic amines) is 1. The molecule has 0 aromatic heterocycles. The fraction of sp³-hybridized carbons (Fsp3) is 0.529. The maximum absolute atomic E-state index is 12.6. The largest absolute Gasteiger partial charge is 0.497 e. The van der Waals surface area contributed by atoms with Crippen molar-refractivity contribution in [1.29, 1.82) is 5.26 Å². The summed E-state index contributed by atoms with van der Waals surface area (Å²) in [5.41, 5.74) is 1.02. The zero-order valence-corrected chi connectivity index (χ0v) is 12.7. The van der Waals surface area contributed by atoms with Crippen molar-refractivity contribution in [1.82, 2.24) is 4.90 Å². The normalized spacial score (nSPS) is 21.5. The molecule has 2 aliphatic rings. The number of ether oxygens (including phenoxy) is 2. The molecule has 1 atom stereocenters. The van der Waals surface area contributed by atoms with Gasteiger partial charge in [0.25, 0.3) is 0 Å². The molecule has 1 aromatic rings. The van der Waals surface area contributed by atoms with Gasteiger partial charge in [-0.05, 0) is 43.0 Å². The lowest BCUT2D eigenvalue weighted by atomic mass is 9.93. The van der Waals surface area contributed by atoms with E-state index in [0.717, 1.165) is 29.9 Å². The molecule has 2 heterocycles. The average Bonchev–Trinajstić information content (AvgIpc) is 2.60. The number of methoxy groups -OCH3 is 1. The van der Waals surface area contributed by atoms with E-state index in [0.29, 0.717) is 26.1 Å². The summed E-state index contributed by atoms with van der Waals surface area (Å²) in [6.07, 6.45) is 2.24. The van der Waals surface area contributed by atoms with Crippen LogP contribution in [0.4, 0.5) is 0 Å². The Morgan fingerprint density at radius 3 is 2.86 bits per heavy atom. The van der Waals surface area contributed by atoms with Gasteiger partial charge in [-0.3, -0.25) is 4.79 Å². The fourth-order valence-electron chi connectivity index (χ4n) is 3.14. The highest BCUT2D eigenvalue weighted by molar-refractivity contribution is 5.80. The van der Waals surface area contributed by atoms with Crippen LogP contribution in [0, 0.1) is 23.2 Å². The molecule has 5 heteroatoms. The van der Waals surface area contributed by atoms with E-state index in [4.69, 9.17) is 14.7 Å². The molecule has 0 radical (unpaired) electrons. The van der Waals surface area contributed by atoms with E-state index in [-0.39, 0.29) is 17.7 Å². The molecule has 2 aliphatic heterocycles. The number of carbonyl (C=O) groups excluding carboxylic acids is 1. The van der Waals surface area contributed by atoms with Crippen molar-refractivity contribution in [3.05, 3.63) is 23.8 Å². The molecule has 116 valence electrons. The number of hydrogen-bond acceptors (Lipinski definition) is 4. The summed E-state index contributed by atoms with van der Waals surface area (Å²) in [6.45, 7) is 1.79. The molecule has 0 saturated carbocycles. The van der Waals surface area contributed by atoms with E-state index in [1.54, 1.807) is 7.11 Å². The lowest BCUT2D eigenvalue weighted by molar-refractivity contribution is -0.138. The fourth-order valence-corrected chi connectivity index (χ4v) is 3.14. The van der Waals surface area contributed by atoms with Crippen LogP contribution >= 0.6 is 0 Å². The van der Waals surface area contributed by atoms with E-state index in [9.17, 15) is 4.79 Å². The van der Waals surface area contributed by atoms with Crippen molar-refractivity contribution in [3.63, 3.8) is 0 Å². The Morgan fingerprint density at radius 1 is 1.41 bits per heavy atom. The van der Waals surface area contributed by atoms with Crippen molar-refractivity contribution < 1.29 is 14.3 Å². The van der Waals surface area contributed by atoms with Gasteiger partial charge < -0.3 is 14.4 Å². The van der Waals surface area contributed by atoms with Crippen molar-refractivity contribution >= 4 is 5.91 Å². The predicted molar refractivity (Wildman–Crippen MR) is 80.6 cm³/mol. The van der Waals surface area contributed by atoms with Gasteiger partial charge in [0.15, 0.2) is 0 Å². The van der Waals surface area contributed by atoms with Gasteiger partial charge in [-0.2, -0.15) is 5.26 Å². The standard InChI is InChI=1S/C17H20N2O3/c1-21-15-2-3-16-13(9-15)8-14(11-22-16)17(20)19-6-4-12(10-18)5-7-19/h2-3,9,12,14H,4-8,11H2,1H3. The highest BCUT2D eigenvalue weighted by Crippen LogP contribution is 2.31. The van der Waals surface area contributed by atoms with Crippen molar-refractivity contribution in [2.24, 2.45) is 11.8 Å². The third kappa shape index (κ3) is 2.87. The first-order chi connectivity index (χ1) is 10.7. The second-order valence-electron chi connectivity index (χ2n) is 5.91. The summed E-state index contributed by atoms with van der Waals surface area (Å²) in [4.78, 5) is 14.5. The number of carbonyl (C=O) groups is 1. The molecule has 1 unspecified atom stereocenters. The van der Waals surface area contributed by atoms with Crippen LogP contribution in [0.3, 0.4) is 0 Å². The molecule has 3 rings (SSSR count). The Labute approximate surface area is 130 Å². The van der Waals surface area contributed by atoms with Crippen LogP contribution in [0.5, 0.6) is 11.5 Å². The summed E-state index contributed by atoms with van der Waals surface area (Å²) in [5, 5.41) is 8.94. The molecule has 22 heavy (non-hydrogen) atoms. The minimum atomic E-state index is -0.141. The van der Waals surface area contributed by atoms with Crippen LogP contribution in [0.2, 0.25) is 0 Å². The van der Waals surface area contributed by atoms with E-state index < -0.39 is 0 Å². The molecular weight excluding hydrogens is 280 g/mol. The topological polar surface area (TPSA) is 62.6 Å². The van der Waals surface area contributed by atoms with Crippen LogP contribution in [-0.2, 0) is 11.2 Å². The first-order valence-corrected chi connectivity index (χ1v) is 7.69. The molecule has 1 aromatic carbocycles. The summed E-state index contributed by atoms with van der Waals surface area (Å²) in [7, 11) is 1.63. The maximum Gasteiger partial charge on any atom is 0.229 e. The lowest BCUT2D eigenvalue weighted by Gasteiger charge is -2.33. The minimum absolute atomic E-state index is 0.0941. The Bertz CT molecular complexity index is 600. The Morgan fingerprint density at radius 2 is 2.18 bits per heavy atom. The lowest BCUT2D eigenvalue weighted by Crippen LogP contribution is -2.44. The van der Waals surface area contributed by atoms with E-state index >= 15 is 0 Å². The monoisotopic (exact) mass is 300 g/mol. The van der Waals surface area contributed by atoms with Crippen LogP contribution in [-0.4, -0.2) is 37.6 Å². The van der Waals surface area contributed by atoms with Gasteiger partial charge in [0.05, 0.1) is 19.1 Å². The second-order valence-corrected chi connectivity index (χ2v) is 5.91. The predicted octanol–water partition coefficient (Wildman–Crippen LogP) is 2.01. The summed E-state index contributed by atoms with van der Waals surface area (Å²) < 4.78 is 11.0. The Kier molecular flexibility index (Phi) is 4.19.